The highest BCUT2D eigenvalue weighted by molar-refractivity contribution is 7.47. The van der Waals surface area contributed by atoms with Crippen molar-refractivity contribution in [1.29, 1.82) is 0 Å². The summed E-state index contributed by atoms with van der Waals surface area (Å²) in [6, 6.07) is -1.52. The van der Waals surface area contributed by atoms with Crippen LogP contribution in [0.15, 0.2) is 12.2 Å². The van der Waals surface area contributed by atoms with Gasteiger partial charge in [-0.15, -0.1) is 0 Å². The van der Waals surface area contributed by atoms with Crippen LogP contribution in [0, 0.1) is 0 Å². The van der Waals surface area contributed by atoms with E-state index in [4.69, 9.17) is 24.8 Å². The quantitative estimate of drug-likeness (QED) is 0.0231. The second-order valence-corrected chi connectivity index (χ2v) is 17.0. The summed E-state index contributed by atoms with van der Waals surface area (Å²) in [6.45, 7) is 2.76. The van der Waals surface area contributed by atoms with Crippen molar-refractivity contribution in [3.8, 4) is 0 Å². The number of carboxylic acids is 1. The first kappa shape index (κ1) is 54.2. The van der Waals surface area contributed by atoms with E-state index in [0.717, 1.165) is 38.5 Å². The van der Waals surface area contributed by atoms with Crippen LogP contribution in [0.25, 0.3) is 0 Å². The highest BCUT2D eigenvalue weighted by atomic mass is 31.2. The number of nitrogens with two attached hydrogens (primary N) is 1. The van der Waals surface area contributed by atoms with Crippen LogP contribution < -0.4 is 5.73 Å². The van der Waals surface area contributed by atoms with Crippen LogP contribution in [0.2, 0.25) is 0 Å². The van der Waals surface area contributed by atoms with E-state index >= 15 is 0 Å². The number of hydrogen-bond acceptors (Lipinski definition) is 9. The molecule has 0 rings (SSSR count). The number of rotatable bonds is 43. The van der Waals surface area contributed by atoms with Gasteiger partial charge in [-0.1, -0.05) is 200 Å². The molecular weight excluding hydrogens is 733 g/mol. The van der Waals surface area contributed by atoms with Gasteiger partial charge in [0.15, 0.2) is 6.10 Å². The number of phosphoric acid groups is 1. The van der Waals surface area contributed by atoms with Gasteiger partial charge >= 0.3 is 25.7 Å². The molecule has 1 unspecified atom stereocenters. The number of unbranched alkanes of at least 4 members (excludes halogenated alkanes) is 29. The van der Waals surface area contributed by atoms with E-state index in [2.05, 4.69) is 18.4 Å². The van der Waals surface area contributed by atoms with E-state index in [1.807, 2.05) is 0 Å². The van der Waals surface area contributed by atoms with Gasteiger partial charge in [0.1, 0.15) is 12.6 Å². The minimum Gasteiger partial charge on any atom is -0.480 e. The Balaban J connectivity index is 4.30. The van der Waals surface area contributed by atoms with Crippen molar-refractivity contribution in [3.05, 3.63) is 12.2 Å². The Bertz CT molecular complexity index is 1010. The van der Waals surface area contributed by atoms with Crippen molar-refractivity contribution >= 4 is 25.7 Å². The Morgan fingerprint density at radius 1 is 0.571 bits per heavy atom. The third-order valence-electron chi connectivity index (χ3n) is 10.1. The highest BCUT2D eigenvalue weighted by Gasteiger charge is 2.28. The number of esters is 2. The third kappa shape index (κ3) is 39.1. The lowest BCUT2D eigenvalue weighted by Crippen LogP contribution is -2.34. The number of carbonyl (C=O) groups is 3. The van der Waals surface area contributed by atoms with Crippen molar-refractivity contribution in [2.24, 2.45) is 5.73 Å². The number of allylic oxidation sites excluding steroid dienone is 1. The first-order valence-corrected chi connectivity index (χ1v) is 24.2. The maximum absolute atomic E-state index is 12.5. The van der Waals surface area contributed by atoms with Gasteiger partial charge in [-0.3, -0.25) is 18.6 Å². The van der Waals surface area contributed by atoms with Crippen LogP contribution in [0.4, 0.5) is 0 Å². The molecule has 0 aliphatic heterocycles. The molecule has 0 aromatic rings. The molecule has 0 radical (unpaired) electrons. The Kier molecular flexibility index (Phi) is 38.7. The zero-order valence-electron chi connectivity index (χ0n) is 35.7. The molecular formula is C44H84NO10P. The van der Waals surface area contributed by atoms with Gasteiger partial charge < -0.3 is 25.2 Å². The molecule has 56 heavy (non-hydrogen) atoms. The van der Waals surface area contributed by atoms with Crippen molar-refractivity contribution in [2.45, 2.75) is 231 Å². The summed E-state index contributed by atoms with van der Waals surface area (Å²) < 4.78 is 32.6. The zero-order chi connectivity index (χ0) is 41.4. The monoisotopic (exact) mass is 818 g/mol. The summed E-state index contributed by atoms with van der Waals surface area (Å²) in [4.78, 5) is 45.8. The number of ether oxygens (including phenoxy) is 2. The minimum atomic E-state index is -4.73. The van der Waals surface area contributed by atoms with Crippen molar-refractivity contribution in [3.63, 3.8) is 0 Å². The van der Waals surface area contributed by atoms with Gasteiger partial charge in [-0.05, 0) is 19.3 Å². The van der Waals surface area contributed by atoms with Crippen LogP contribution in [-0.4, -0.2) is 59.9 Å². The van der Waals surface area contributed by atoms with Crippen LogP contribution in [0.3, 0.4) is 0 Å². The summed E-state index contributed by atoms with van der Waals surface area (Å²) in [7, 11) is -4.73. The first-order valence-electron chi connectivity index (χ1n) is 22.7. The standard InChI is InChI=1S/C44H84NO10P/c1-3-5-7-9-11-13-15-17-18-19-20-21-22-24-25-27-29-31-33-35-42(46)52-37-40(38-53-56(50,51)54-39-41(45)44(48)49)55-43(47)36-34-32-30-28-26-23-16-14-12-10-8-6-4-2/h34,36,40-41H,3-33,35,37-39,45H2,1-2H3,(H,48,49)(H,50,51)/t40-,41+/m1/s1. The molecule has 330 valence electrons. The topological polar surface area (TPSA) is 172 Å². The van der Waals surface area contributed by atoms with Gasteiger partial charge in [0.05, 0.1) is 13.2 Å². The molecule has 0 saturated carbocycles. The first-order chi connectivity index (χ1) is 27.1. The summed E-state index contributed by atoms with van der Waals surface area (Å²) >= 11 is 0. The Labute approximate surface area is 341 Å². The largest absolute Gasteiger partial charge is 0.480 e. The molecule has 0 amide bonds. The van der Waals surface area contributed by atoms with Gasteiger partial charge in [0.2, 0.25) is 0 Å². The second kappa shape index (κ2) is 40.0. The van der Waals surface area contributed by atoms with E-state index in [9.17, 15) is 23.8 Å². The highest BCUT2D eigenvalue weighted by Crippen LogP contribution is 2.43. The van der Waals surface area contributed by atoms with Gasteiger partial charge in [0, 0.05) is 12.5 Å². The summed E-state index contributed by atoms with van der Waals surface area (Å²) in [5.41, 5.74) is 5.33. The van der Waals surface area contributed by atoms with E-state index in [0.29, 0.717) is 12.8 Å². The predicted molar refractivity (Wildman–Crippen MR) is 226 cm³/mol. The predicted octanol–water partition coefficient (Wildman–Crippen LogP) is 12.1. The number of phosphoric ester groups is 1. The summed E-state index contributed by atoms with van der Waals surface area (Å²) in [6.07, 6.45) is 40.4. The van der Waals surface area contributed by atoms with Crippen LogP contribution >= 0.6 is 7.82 Å². The molecule has 0 saturated heterocycles. The maximum atomic E-state index is 12.5. The number of carboxylic acid groups (broad SMARTS) is 1. The van der Waals surface area contributed by atoms with E-state index in [1.165, 1.54) is 154 Å². The van der Waals surface area contributed by atoms with E-state index in [-0.39, 0.29) is 13.0 Å². The molecule has 11 nitrogen and oxygen atoms in total. The molecule has 0 aromatic heterocycles. The fourth-order valence-electron chi connectivity index (χ4n) is 6.49. The Hall–Kier alpha value is -1.78. The minimum absolute atomic E-state index is 0.216. The second-order valence-electron chi connectivity index (χ2n) is 15.6. The molecule has 12 heteroatoms. The van der Waals surface area contributed by atoms with Crippen LogP contribution in [0.1, 0.15) is 219 Å². The average Bonchev–Trinajstić information content (AvgIpc) is 3.17. The summed E-state index contributed by atoms with van der Waals surface area (Å²) in [5, 5.41) is 8.88. The lowest BCUT2D eigenvalue weighted by Gasteiger charge is -2.19. The molecule has 0 heterocycles. The molecule has 4 N–H and O–H groups in total. The van der Waals surface area contributed by atoms with Gasteiger partial charge in [-0.2, -0.15) is 0 Å². The molecule has 0 aliphatic carbocycles. The molecule has 0 bridgehead atoms. The zero-order valence-corrected chi connectivity index (χ0v) is 36.6. The van der Waals surface area contributed by atoms with Crippen molar-refractivity contribution in [2.75, 3.05) is 19.8 Å². The van der Waals surface area contributed by atoms with Gasteiger partial charge in [0.25, 0.3) is 0 Å². The van der Waals surface area contributed by atoms with Crippen LogP contribution in [-0.2, 0) is 37.5 Å². The fraction of sp³-hybridized carbons (Fsp3) is 0.886. The molecule has 0 aromatic carbocycles. The number of hydrogen-bond donors (Lipinski definition) is 3. The third-order valence-corrected chi connectivity index (χ3v) is 11.0. The molecule has 3 atom stereocenters. The van der Waals surface area contributed by atoms with Crippen molar-refractivity contribution in [1.82, 2.24) is 0 Å². The molecule has 0 spiro atoms. The van der Waals surface area contributed by atoms with E-state index < -0.39 is 51.1 Å². The molecule has 0 aliphatic rings. The van der Waals surface area contributed by atoms with Gasteiger partial charge in [-0.25, -0.2) is 9.36 Å². The normalized spacial score (nSPS) is 13.8. The van der Waals surface area contributed by atoms with Crippen LogP contribution in [0.5, 0.6) is 0 Å². The average molecular weight is 818 g/mol. The number of carbonyl (C=O) groups excluding carboxylic acids is 2. The smallest absolute Gasteiger partial charge is 0.472 e. The fourth-order valence-corrected chi connectivity index (χ4v) is 7.27. The van der Waals surface area contributed by atoms with E-state index in [1.54, 1.807) is 6.08 Å². The molecule has 0 fully saturated rings. The lowest BCUT2D eigenvalue weighted by atomic mass is 10.0. The Morgan fingerprint density at radius 2 is 0.946 bits per heavy atom. The number of aliphatic carboxylic acids is 1. The van der Waals surface area contributed by atoms with Crippen molar-refractivity contribution < 1.29 is 47.5 Å². The maximum Gasteiger partial charge on any atom is 0.472 e. The Morgan fingerprint density at radius 3 is 1.36 bits per heavy atom. The SMILES string of the molecule is CCCCCCCCCCCCCC=CC(=O)O[C@H](COC(=O)CCCCCCCCCCCCCCCCCCCCC)COP(=O)(O)OC[C@H](N)C(=O)O. The summed E-state index contributed by atoms with van der Waals surface area (Å²) in [5.74, 6) is -2.56. The lowest BCUT2D eigenvalue weighted by molar-refractivity contribution is -0.157.